The number of hydrogen-bond donors (Lipinski definition) is 1. The van der Waals surface area contributed by atoms with Gasteiger partial charge in [0.1, 0.15) is 0 Å². The quantitative estimate of drug-likeness (QED) is 0.502. The van der Waals surface area contributed by atoms with E-state index in [9.17, 15) is 0 Å². The largest absolute Gasteiger partial charge is 0.313 e. The summed E-state index contributed by atoms with van der Waals surface area (Å²) >= 11 is 0. The van der Waals surface area contributed by atoms with E-state index in [4.69, 9.17) is 0 Å². The van der Waals surface area contributed by atoms with Gasteiger partial charge in [0, 0.05) is 32.4 Å². The summed E-state index contributed by atoms with van der Waals surface area (Å²) in [5.74, 6) is 0. The van der Waals surface area contributed by atoms with Gasteiger partial charge in [-0.2, -0.15) is 9.12 Å². The van der Waals surface area contributed by atoms with E-state index in [1.807, 2.05) is 0 Å². The molecule has 0 spiro atoms. The van der Waals surface area contributed by atoms with Gasteiger partial charge in [-0.25, -0.2) is 0 Å². The molecule has 0 aromatic carbocycles. The van der Waals surface area contributed by atoms with Crippen molar-refractivity contribution in [3.63, 3.8) is 0 Å². The average Bonchev–Trinajstić information content (AvgIpc) is 1.90. The summed E-state index contributed by atoms with van der Waals surface area (Å²) in [6, 6.07) is 0. The first-order valence-electron chi connectivity index (χ1n) is 2.88. The van der Waals surface area contributed by atoms with Crippen LogP contribution in [-0.4, -0.2) is 45.9 Å². The molecule has 0 saturated carbocycles. The minimum Gasteiger partial charge on any atom is -0.313 e. The van der Waals surface area contributed by atoms with E-state index in [-0.39, 0.29) is 25.8 Å². The summed E-state index contributed by atoms with van der Waals surface area (Å²) in [5, 5.41) is 3.24. The maximum absolute atomic E-state index is 3.24. The molecule has 1 nitrogen and oxygen atoms in total. The molecule has 1 unspecified atom stereocenters. The first-order chi connectivity index (χ1) is 3.93. The molecular weight excluding hydrogens is 231 g/mol. The van der Waals surface area contributed by atoms with Crippen molar-refractivity contribution in [2.24, 2.45) is 0 Å². The monoisotopic (exact) mass is 241 g/mol. The fourth-order valence-electron chi connectivity index (χ4n) is 0.791. The van der Waals surface area contributed by atoms with Gasteiger partial charge in [0.2, 0.25) is 0 Å². The van der Waals surface area contributed by atoms with Crippen LogP contribution in [0.1, 0.15) is 6.42 Å². The Balaban J connectivity index is 0.000000640. The van der Waals surface area contributed by atoms with Crippen LogP contribution in [0.5, 0.6) is 0 Å². The number of nitrogens with one attached hydrogen (secondary N) is 1. The molecule has 0 fully saturated rings. The fraction of sp³-hybridized carbons (Fsp3) is 0.600. The Kier molecular flexibility index (Phi) is 6.51. The maximum Gasteiger partial charge on any atom is 0.172 e. The Labute approximate surface area is 78.2 Å². The summed E-state index contributed by atoms with van der Waals surface area (Å²) in [6.07, 6.45) is 3.40. The molecule has 9 heavy (non-hydrogen) atoms. The van der Waals surface area contributed by atoms with E-state index in [2.05, 4.69) is 27.5 Å². The van der Waals surface area contributed by atoms with Crippen molar-refractivity contribution in [2.75, 3.05) is 13.1 Å². The fourth-order valence-corrected chi connectivity index (χ4v) is 1.09. The molecule has 1 heterocycles. The molecule has 4 heteroatoms. The average molecular weight is 241 g/mol. The van der Waals surface area contributed by atoms with Crippen molar-refractivity contribution < 1.29 is 0 Å². The van der Waals surface area contributed by atoms with Crippen LogP contribution >= 0.6 is 9.12 Å². The second-order valence-electron chi connectivity index (χ2n) is 1.90. The van der Waals surface area contributed by atoms with E-state index in [0.29, 0.717) is 0 Å². The van der Waals surface area contributed by atoms with Crippen molar-refractivity contribution in [1.82, 2.24) is 5.32 Å². The molecular formula is C5H10BInNP. The minimum atomic E-state index is 0. The Hall–Kier alpha value is 1.07. The second-order valence-corrected chi connectivity index (χ2v) is 2.23. The van der Waals surface area contributed by atoms with Crippen molar-refractivity contribution in [2.45, 2.75) is 6.42 Å². The molecule has 1 N–H and O–H groups in total. The molecule has 46 valence electrons. The minimum absolute atomic E-state index is 0. The van der Waals surface area contributed by atoms with E-state index in [1.165, 1.54) is 11.9 Å². The van der Waals surface area contributed by atoms with Crippen molar-refractivity contribution in [3.05, 3.63) is 11.5 Å². The van der Waals surface area contributed by atoms with E-state index in [1.54, 1.807) is 0 Å². The van der Waals surface area contributed by atoms with Gasteiger partial charge in [-0.1, -0.05) is 6.08 Å². The zero-order valence-electron chi connectivity index (χ0n) is 5.43. The molecule has 4 radical (unpaired) electrons. The SMILES string of the molecule is P[B]C1=CCNCC1.[In]. The summed E-state index contributed by atoms with van der Waals surface area (Å²) in [6.45, 7) is 4.28. The molecule has 0 saturated heterocycles. The summed E-state index contributed by atoms with van der Waals surface area (Å²) in [7, 11) is 2.63. The van der Waals surface area contributed by atoms with Crippen LogP contribution in [-0.2, 0) is 0 Å². The normalized spacial score (nSPS) is 17.7. The third-order valence-corrected chi connectivity index (χ3v) is 1.74. The molecule has 1 rings (SSSR count). The standard InChI is InChI=1S/C5H10BNP.In/c8-6-5-1-3-7-4-2-5;/h1,7H,2-4,8H2;. The summed E-state index contributed by atoms with van der Waals surface area (Å²) in [5.41, 5.74) is 1.45. The first-order valence-corrected chi connectivity index (χ1v) is 3.55. The van der Waals surface area contributed by atoms with Crippen LogP contribution in [0.3, 0.4) is 0 Å². The van der Waals surface area contributed by atoms with Gasteiger partial charge in [0.05, 0.1) is 0 Å². The molecule has 1 atom stereocenters. The predicted molar refractivity (Wildman–Crippen MR) is 46.8 cm³/mol. The Bertz CT molecular complexity index is 107. The maximum atomic E-state index is 3.24. The Morgan fingerprint density at radius 3 is 2.78 bits per heavy atom. The molecule has 0 bridgehead atoms. The third-order valence-electron chi connectivity index (χ3n) is 1.31. The van der Waals surface area contributed by atoms with E-state index in [0.717, 1.165) is 13.1 Å². The van der Waals surface area contributed by atoms with Crippen LogP contribution in [0.15, 0.2) is 11.5 Å². The molecule has 0 aliphatic carbocycles. The summed E-state index contributed by atoms with van der Waals surface area (Å²) < 4.78 is 0. The Morgan fingerprint density at radius 1 is 1.67 bits per heavy atom. The van der Waals surface area contributed by atoms with Crippen molar-refractivity contribution in [3.8, 4) is 0 Å². The van der Waals surface area contributed by atoms with Crippen LogP contribution in [0.2, 0.25) is 0 Å². The van der Waals surface area contributed by atoms with Gasteiger partial charge in [-0.3, -0.25) is 0 Å². The van der Waals surface area contributed by atoms with Crippen LogP contribution in [0.25, 0.3) is 0 Å². The van der Waals surface area contributed by atoms with Crippen LogP contribution in [0, 0.1) is 0 Å². The smallest absolute Gasteiger partial charge is 0.172 e. The second kappa shape index (κ2) is 5.82. The number of hydrogen-bond acceptors (Lipinski definition) is 1. The number of rotatable bonds is 1. The Morgan fingerprint density at radius 2 is 2.44 bits per heavy atom. The van der Waals surface area contributed by atoms with Crippen LogP contribution < -0.4 is 5.32 Å². The predicted octanol–water partition coefficient (Wildman–Crippen LogP) is -0.0229. The van der Waals surface area contributed by atoms with Crippen molar-refractivity contribution >= 4 is 42.0 Å². The van der Waals surface area contributed by atoms with E-state index < -0.39 is 0 Å². The van der Waals surface area contributed by atoms with Gasteiger partial charge < -0.3 is 5.32 Å². The molecule has 0 aromatic heterocycles. The van der Waals surface area contributed by atoms with Gasteiger partial charge in [-0.05, 0) is 13.0 Å². The van der Waals surface area contributed by atoms with Gasteiger partial charge in [0.25, 0.3) is 0 Å². The molecule has 1 aliphatic heterocycles. The topological polar surface area (TPSA) is 12.0 Å². The zero-order valence-corrected chi connectivity index (χ0v) is 9.88. The van der Waals surface area contributed by atoms with Crippen molar-refractivity contribution in [1.29, 1.82) is 0 Å². The summed E-state index contributed by atoms with van der Waals surface area (Å²) in [4.78, 5) is 0. The molecule has 1 aliphatic rings. The van der Waals surface area contributed by atoms with Gasteiger partial charge in [0.15, 0.2) is 7.00 Å². The zero-order chi connectivity index (χ0) is 5.82. The first kappa shape index (κ1) is 10.1. The van der Waals surface area contributed by atoms with Crippen LogP contribution in [0.4, 0.5) is 0 Å². The van der Waals surface area contributed by atoms with Gasteiger partial charge >= 0.3 is 0 Å². The van der Waals surface area contributed by atoms with E-state index >= 15 is 0 Å². The third kappa shape index (κ3) is 3.70. The molecule has 0 amide bonds. The molecule has 0 aromatic rings. The van der Waals surface area contributed by atoms with Gasteiger partial charge in [-0.15, -0.1) is 5.47 Å².